The minimum atomic E-state index is -0.576. The molecule has 0 spiro atoms. The van der Waals surface area contributed by atoms with Crippen LogP contribution in [0.2, 0.25) is 0 Å². The maximum absolute atomic E-state index is 13.6. The molecule has 16 heavy (non-hydrogen) atoms. The Morgan fingerprint density at radius 2 is 2.12 bits per heavy atom. The number of benzene rings is 1. The average Bonchev–Trinajstić information content (AvgIpc) is 2.33. The van der Waals surface area contributed by atoms with Crippen molar-refractivity contribution in [1.82, 2.24) is 5.32 Å². The molecular weight excluding hydrogens is 216 g/mol. The van der Waals surface area contributed by atoms with Crippen LogP contribution in [0, 0.1) is 11.6 Å². The lowest BCUT2D eigenvalue weighted by Gasteiger charge is -2.25. The van der Waals surface area contributed by atoms with Crippen molar-refractivity contribution in [3.8, 4) is 5.75 Å². The zero-order valence-corrected chi connectivity index (χ0v) is 8.93. The molecule has 1 aromatic carbocycles. The number of hydrogen-bond acceptors (Lipinski definition) is 3. The van der Waals surface area contributed by atoms with Crippen molar-refractivity contribution >= 4 is 0 Å². The Labute approximate surface area is 92.4 Å². The Balaban J connectivity index is 2.40. The molecule has 1 unspecified atom stereocenters. The molecule has 1 N–H and O–H groups in total. The van der Waals surface area contributed by atoms with E-state index in [0.29, 0.717) is 13.2 Å². The van der Waals surface area contributed by atoms with Gasteiger partial charge in [0.1, 0.15) is 11.9 Å². The van der Waals surface area contributed by atoms with E-state index in [1.165, 1.54) is 7.11 Å². The topological polar surface area (TPSA) is 30.5 Å². The third-order valence-electron chi connectivity index (χ3n) is 2.55. The Hall–Kier alpha value is -1.20. The Morgan fingerprint density at radius 3 is 2.75 bits per heavy atom. The van der Waals surface area contributed by atoms with E-state index in [9.17, 15) is 8.78 Å². The average molecular weight is 229 g/mol. The van der Waals surface area contributed by atoms with Crippen LogP contribution in [0.4, 0.5) is 8.78 Å². The van der Waals surface area contributed by atoms with Crippen LogP contribution < -0.4 is 10.1 Å². The third kappa shape index (κ3) is 2.01. The van der Waals surface area contributed by atoms with Crippen molar-refractivity contribution in [1.29, 1.82) is 0 Å². The molecule has 1 saturated heterocycles. The maximum atomic E-state index is 13.6. The van der Waals surface area contributed by atoms with Crippen LogP contribution in [0.3, 0.4) is 0 Å². The molecule has 0 aliphatic carbocycles. The Bertz CT molecular complexity index is 378. The van der Waals surface area contributed by atoms with Gasteiger partial charge in [0.2, 0.25) is 0 Å². The number of halogens is 2. The molecule has 1 fully saturated rings. The summed E-state index contributed by atoms with van der Waals surface area (Å²) in [5.41, 5.74) is 0.148. The smallest absolute Gasteiger partial charge is 0.165 e. The van der Waals surface area contributed by atoms with Gasteiger partial charge in [0.15, 0.2) is 11.6 Å². The predicted octanol–water partition coefficient (Wildman–Crippen LogP) is 1.63. The van der Waals surface area contributed by atoms with E-state index >= 15 is 0 Å². The summed E-state index contributed by atoms with van der Waals surface area (Å²) >= 11 is 0. The number of morpholine rings is 1. The summed E-state index contributed by atoms with van der Waals surface area (Å²) in [5.74, 6) is -1.16. The standard InChI is InChI=1S/C11H13F2NO2/c1-15-11-8(13)3-2-7(12)10(11)9-6-14-4-5-16-9/h2-3,9,14H,4-6H2,1H3. The minimum absolute atomic E-state index is 0.0753. The first kappa shape index (κ1) is 11.3. The zero-order valence-electron chi connectivity index (χ0n) is 8.93. The van der Waals surface area contributed by atoms with Crippen LogP contribution >= 0.6 is 0 Å². The summed E-state index contributed by atoms with van der Waals surface area (Å²) in [6.45, 7) is 1.65. The van der Waals surface area contributed by atoms with Gasteiger partial charge in [-0.3, -0.25) is 0 Å². The van der Waals surface area contributed by atoms with E-state index in [-0.39, 0.29) is 11.3 Å². The fourth-order valence-electron chi connectivity index (χ4n) is 1.81. The molecule has 1 aliphatic rings. The maximum Gasteiger partial charge on any atom is 0.165 e. The fraction of sp³-hybridized carbons (Fsp3) is 0.455. The van der Waals surface area contributed by atoms with Crippen LogP contribution in [-0.4, -0.2) is 26.8 Å². The first-order valence-corrected chi connectivity index (χ1v) is 5.08. The number of nitrogens with one attached hydrogen (secondary N) is 1. The van der Waals surface area contributed by atoms with Gasteiger partial charge in [0.25, 0.3) is 0 Å². The van der Waals surface area contributed by atoms with Crippen molar-refractivity contribution in [2.75, 3.05) is 26.8 Å². The highest BCUT2D eigenvalue weighted by molar-refractivity contribution is 5.38. The second kappa shape index (κ2) is 4.76. The largest absolute Gasteiger partial charge is 0.493 e. The number of hydrogen-bond donors (Lipinski definition) is 1. The molecule has 1 aromatic rings. The highest BCUT2D eigenvalue weighted by Gasteiger charge is 2.25. The molecule has 88 valence electrons. The van der Waals surface area contributed by atoms with Crippen molar-refractivity contribution in [3.05, 3.63) is 29.3 Å². The van der Waals surface area contributed by atoms with Gasteiger partial charge in [0.05, 0.1) is 19.3 Å². The van der Waals surface area contributed by atoms with Crippen LogP contribution in [-0.2, 0) is 4.74 Å². The Morgan fingerprint density at radius 1 is 1.38 bits per heavy atom. The summed E-state index contributed by atoms with van der Waals surface area (Å²) in [6, 6.07) is 2.14. The number of rotatable bonds is 2. The second-order valence-corrected chi connectivity index (χ2v) is 3.54. The van der Waals surface area contributed by atoms with Crippen molar-refractivity contribution in [2.24, 2.45) is 0 Å². The van der Waals surface area contributed by atoms with Gasteiger partial charge >= 0.3 is 0 Å². The number of ether oxygens (including phenoxy) is 2. The van der Waals surface area contributed by atoms with E-state index in [4.69, 9.17) is 9.47 Å². The van der Waals surface area contributed by atoms with E-state index in [2.05, 4.69) is 5.32 Å². The lowest BCUT2D eigenvalue weighted by atomic mass is 10.1. The lowest BCUT2D eigenvalue weighted by Crippen LogP contribution is -2.34. The van der Waals surface area contributed by atoms with Gasteiger partial charge in [-0.1, -0.05) is 0 Å². The molecule has 1 heterocycles. The molecule has 0 bridgehead atoms. The molecular formula is C11H13F2NO2. The van der Waals surface area contributed by atoms with Gasteiger partial charge in [-0.05, 0) is 12.1 Å². The first-order chi connectivity index (χ1) is 7.74. The van der Waals surface area contributed by atoms with Gasteiger partial charge in [-0.15, -0.1) is 0 Å². The molecule has 0 saturated carbocycles. The molecule has 0 amide bonds. The monoisotopic (exact) mass is 229 g/mol. The van der Waals surface area contributed by atoms with Gasteiger partial charge in [-0.2, -0.15) is 0 Å². The van der Waals surface area contributed by atoms with Gasteiger partial charge in [0, 0.05) is 13.1 Å². The van der Waals surface area contributed by atoms with Gasteiger partial charge in [-0.25, -0.2) is 8.78 Å². The molecule has 0 aromatic heterocycles. The molecule has 3 nitrogen and oxygen atoms in total. The molecule has 5 heteroatoms. The summed E-state index contributed by atoms with van der Waals surface area (Å²) in [6.07, 6.45) is -0.501. The first-order valence-electron chi connectivity index (χ1n) is 5.08. The predicted molar refractivity (Wildman–Crippen MR) is 54.5 cm³/mol. The van der Waals surface area contributed by atoms with E-state index in [0.717, 1.165) is 18.7 Å². The summed E-state index contributed by atoms with van der Waals surface area (Å²) in [4.78, 5) is 0. The van der Waals surface area contributed by atoms with Crippen molar-refractivity contribution < 1.29 is 18.3 Å². The van der Waals surface area contributed by atoms with Crippen molar-refractivity contribution in [2.45, 2.75) is 6.10 Å². The van der Waals surface area contributed by atoms with Crippen LogP contribution in [0.25, 0.3) is 0 Å². The highest BCUT2D eigenvalue weighted by Crippen LogP contribution is 2.33. The quantitative estimate of drug-likeness (QED) is 0.836. The van der Waals surface area contributed by atoms with Crippen LogP contribution in [0.5, 0.6) is 5.75 Å². The van der Waals surface area contributed by atoms with Gasteiger partial charge < -0.3 is 14.8 Å². The summed E-state index contributed by atoms with van der Waals surface area (Å²) in [5, 5.41) is 3.06. The highest BCUT2D eigenvalue weighted by atomic mass is 19.1. The SMILES string of the molecule is COc1c(F)ccc(F)c1C1CNCCO1. The van der Waals surface area contributed by atoms with E-state index in [1.54, 1.807) is 0 Å². The summed E-state index contributed by atoms with van der Waals surface area (Å²) in [7, 11) is 1.32. The molecule has 1 aliphatic heterocycles. The fourth-order valence-corrected chi connectivity index (χ4v) is 1.81. The number of methoxy groups -OCH3 is 1. The molecule has 0 radical (unpaired) electrons. The molecule has 1 atom stereocenters. The summed E-state index contributed by atoms with van der Waals surface area (Å²) < 4.78 is 37.3. The minimum Gasteiger partial charge on any atom is -0.493 e. The third-order valence-corrected chi connectivity index (χ3v) is 2.55. The van der Waals surface area contributed by atoms with E-state index < -0.39 is 17.7 Å². The van der Waals surface area contributed by atoms with Crippen LogP contribution in [0.15, 0.2) is 12.1 Å². The second-order valence-electron chi connectivity index (χ2n) is 3.54. The van der Waals surface area contributed by atoms with E-state index in [1.807, 2.05) is 0 Å². The van der Waals surface area contributed by atoms with Crippen LogP contribution in [0.1, 0.15) is 11.7 Å². The molecule has 2 rings (SSSR count). The lowest BCUT2D eigenvalue weighted by molar-refractivity contribution is 0.0236. The van der Waals surface area contributed by atoms with Crippen molar-refractivity contribution in [3.63, 3.8) is 0 Å². The normalized spacial score (nSPS) is 20.8. The Kier molecular flexibility index (Phi) is 3.36. The zero-order chi connectivity index (χ0) is 11.5.